The van der Waals surface area contributed by atoms with E-state index in [4.69, 9.17) is 14.1 Å². The number of ether oxygens (including phenoxy) is 1. The average Bonchev–Trinajstić information content (AvgIpc) is 3.17. The highest BCUT2D eigenvalue weighted by molar-refractivity contribution is 14.0. The molecule has 0 aliphatic carbocycles. The fourth-order valence-electron chi connectivity index (χ4n) is 2.77. The van der Waals surface area contributed by atoms with E-state index in [-0.39, 0.29) is 29.9 Å². The van der Waals surface area contributed by atoms with E-state index in [9.17, 15) is 4.79 Å². The van der Waals surface area contributed by atoms with E-state index >= 15 is 0 Å². The lowest BCUT2D eigenvalue weighted by atomic mass is 10.2. The van der Waals surface area contributed by atoms with Crippen molar-refractivity contribution in [3.8, 4) is 0 Å². The maximum atomic E-state index is 12.3. The molecule has 0 atom stereocenters. The van der Waals surface area contributed by atoms with Crippen LogP contribution in [0.2, 0.25) is 0 Å². The minimum atomic E-state index is -0.0427. The first-order chi connectivity index (χ1) is 12.6. The number of nitrogens with one attached hydrogen (secondary N) is 1. The topological polar surface area (TPSA) is 70.3 Å². The van der Waals surface area contributed by atoms with E-state index < -0.39 is 0 Å². The minimum Gasteiger partial charge on any atom is -0.459 e. The summed E-state index contributed by atoms with van der Waals surface area (Å²) in [6, 6.07) is 3.45. The fraction of sp³-hybridized carbons (Fsp3) is 0.684. The number of nitrogens with zero attached hydrogens (tertiary/aromatic N) is 3. The molecule has 1 aromatic rings. The molecule has 1 aliphatic rings. The van der Waals surface area contributed by atoms with Crippen molar-refractivity contribution >= 4 is 35.8 Å². The number of amides is 1. The molecular weight excluding hydrogens is 459 g/mol. The van der Waals surface area contributed by atoms with Gasteiger partial charge in [-0.2, -0.15) is 0 Å². The molecule has 0 saturated carbocycles. The Morgan fingerprint density at radius 3 is 2.59 bits per heavy atom. The lowest BCUT2D eigenvalue weighted by Crippen LogP contribution is -2.53. The molecule has 8 heteroatoms. The van der Waals surface area contributed by atoms with Gasteiger partial charge in [0.05, 0.1) is 6.26 Å². The highest BCUT2D eigenvalue weighted by Gasteiger charge is 2.25. The smallest absolute Gasteiger partial charge is 0.289 e. The van der Waals surface area contributed by atoms with E-state index in [1.165, 1.54) is 6.26 Å². The van der Waals surface area contributed by atoms with Crippen LogP contribution in [0.5, 0.6) is 0 Å². The molecule has 0 spiro atoms. The number of furan rings is 1. The highest BCUT2D eigenvalue weighted by atomic mass is 127. The maximum Gasteiger partial charge on any atom is 0.289 e. The van der Waals surface area contributed by atoms with Crippen LogP contribution >= 0.6 is 24.0 Å². The quantitative estimate of drug-likeness (QED) is 0.262. The van der Waals surface area contributed by atoms with Crippen molar-refractivity contribution in [1.82, 2.24) is 15.1 Å². The van der Waals surface area contributed by atoms with E-state index in [1.807, 2.05) is 4.90 Å². The first kappa shape index (κ1) is 23.7. The van der Waals surface area contributed by atoms with Crippen LogP contribution in [-0.2, 0) is 4.74 Å². The first-order valence-corrected chi connectivity index (χ1v) is 9.55. The predicted octanol–water partition coefficient (Wildman–Crippen LogP) is 2.68. The highest BCUT2D eigenvalue weighted by Crippen LogP contribution is 2.09. The second-order valence-electron chi connectivity index (χ2n) is 6.81. The Kier molecular flexibility index (Phi) is 11.4. The molecule has 27 heavy (non-hydrogen) atoms. The zero-order valence-corrected chi connectivity index (χ0v) is 19.0. The standard InChI is InChI=1S/C19H32N4O3.HI/c1-4-20-19(21-8-6-13-25-15-16(2)3)23-11-9-22(10-12-23)18(24)17-7-5-14-26-17;/h5,7,14,16H,4,6,8-13,15H2,1-3H3,(H,20,21);1H. The third kappa shape index (κ3) is 8.08. The molecule has 0 aromatic carbocycles. The van der Waals surface area contributed by atoms with Crippen LogP contribution in [0.4, 0.5) is 0 Å². The number of guanidine groups is 1. The Balaban J connectivity index is 0.00000364. The van der Waals surface area contributed by atoms with Crippen molar-refractivity contribution in [2.24, 2.45) is 10.9 Å². The van der Waals surface area contributed by atoms with Crippen molar-refractivity contribution in [3.63, 3.8) is 0 Å². The number of carbonyl (C=O) groups is 1. The van der Waals surface area contributed by atoms with Gasteiger partial charge < -0.3 is 24.3 Å². The van der Waals surface area contributed by atoms with Crippen molar-refractivity contribution in [1.29, 1.82) is 0 Å². The van der Waals surface area contributed by atoms with Crippen molar-refractivity contribution in [2.45, 2.75) is 27.2 Å². The molecule has 0 unspecified atom stereocenters. The third-order valence-electron chi connectivity index (χ3n) is 4.09. The average molecular weight is 492 g/mol. The van der Waals surface area contributed by atoms with Gasteiger partial charge in [-0.3, -0.25) is 9.79 Å². The number of hydrogen-bond donors (Lipinski definition) is 1. The molecule has 154 valence electrons. The minimum absolute atomic E-state index is 0. The number of aliphatic imine (C=N–C) groups is 1. The van der Waals surface area contributed by atoms with Crippen molar-refractivity contribution in [3.05, 3.63) is 24.2 Å². The molecule has 1 saturated heterocycles. The van der Waals surface area contributed by atoms with E-state index in [1.54, 1.807) is 12.1 Å². The van der Waals surface area contributed by atoms with Crippen LogP contribution < -0.4 is 5.32 Å². The SMILES string of the molecule is CCNC(=NCCCOCC(C)C)N1CCN(C(=O)c2ccco2)CC1.I. The van der Waals surface area contributed by atoms with Gasteiger partial charge >= 0.3 is 0 Å². The molecule has 0 bridgehead atoms. The predicted molar refractivity (Wildman–Crippen MR) is 118 cm³/mol. The Bertz CT molecular complexity index is 555. The summed E-state index contributed by atoms with van der Waals surface area (Å²) >= 11 is 0. The number of piperazine rings is 1. The normalized spacial score (nSPS) is 15.0. The van der Waals surface area contributed by atoms with Crippen LogP contribution in [0.3, 0.4) is 0 Å². The van der Waals surface area contributed by atoms with Gasteiger partial charge in [0.1, 0.15) is 0 Å². The molecule has 1 amide bonds. The van der Waals surface area contributed by atoms with E-state index in [2.05, 4.69) is 31.0 Å². The fourth-order valence-corrected chi connectivity index (χ4v) is 2.77. The summed E-state index contributed by atoms with van der Waals surface area (Å²) in [6.07, 6.45) is 2.45. The molecule has 2 heterocycles. The summed E-state index contributed by atoms with van der Waals surface area (Å²) in [7, 11) is 0. The van der Waals surface area contributed by atoms with Gasteiger partial charge in [0.25, 0.3) is 5.91 Å². The van der Waals surface area contributed by atoms with Crippen molar-refractivity contribution < 1.29 is 13.9 Å². The van der Waals surface area contributed by atoms with Crippen LogP contribution in [0, 0.1) is 5.92 Å². The van der Waals surface area contributed by atoms with Gasteiger partial charge in [-0.05, 0) is 31.4 Å². The van der Waals surface area contributed by atoms with Crippen LogP contribution in [0.15, 0.2) is 27.8 Å². The molecule has 2 rings (SSSR count). The Hall–Kier alpha value is -1.29. The Labute approximate surface area is 179 Å². The van der Waals surface area contributed by atoms with E-state index in [0.717, 1.165) is 51.8 Å². The number of carbonyl (C=O) groups excluding carboxylic acids is 1. The Morgan fingerprint density at radius 2 is 2.00 bits per heavy atom. The largest absolute Gasteiger partial charge is 0.459 e. The maximum absolute atomic E-state index is 12.3. The Morgan fingerprint density at radius 1 is 1.30 bits per heavy atom. The van der Waals surface area contributed by atoms with Gasteiger partial charge in [-0.25, -0.2) is 0 Å². The van der Waals surface area contributed by atoms with Gasteiger partial charge in [0, 0.05) is 52.5 Å². The molecule has 0 radical (unpaired) electrons. The summed E-state index contributed by atoms with van der Waals surface area (Å²) in [5.41, 5.74) is 0. The number of hydrogen-bond acceptors (Lipinski definition) is 4. The first-order valence-electron chi connectivity index (χ1n) is 9.55. The summed E-state index contributed by atoms with van der Waals surface area (Å²) in [6.45, 7) is 12.3. The third-order valence-corrected chi connectivity index (χ3v) is 4.09. The molecule has 1 aliphatic heterocycles. The zero-order chi connectivity index (χ0) is 18.8. The van der Waals surface area contributed by atoms with Gasteiger partial charge in [-0.1, -0.05) is 13.8 Å². The summed E-state index contributed by atoms with van der Waals surface area (Å²) in [4.78, 5) is 21.1. The molecular formula is C19H33IN4O3. The lowest BCUT2D eigenvalue weighted by molar-refractivity contribution is 0.0657. The molecule has 1 aromatic heterocycles. The van der Waals surface area contributed by atoms with Gasteiger partial charge in [0.15, 0.2) is 11.7 Å². The molecule has 1 fully saturated rings. The monoisotopic (exact) mass is 492 g/mol. The van der Waals surface area contributed by atoms with Gasteiger partial charge in [-0.15, -0.1) is 24.0 Å². The lowest BCUT2D eigenvalue weighted by Gasteiger charge is -2.36. The van der Waals surface area contributed by atoms with Crippen LogP contribution in [0.1, 0.15) is 37.7 Å². The summed E-state index contributed by atoms with van der Waals surface area (Å²) in [5, 5.41) is 3.35. The van der Waals surface area contributed by atoms with Crippen molar-refractivity contribution in [2.75, 3.05) is 52.5 Å². The summed E-state index contributed by atoms with van der Waals surface area (Å²) < 4.78 is 10.8. The number of halogens is 1. The second kappa shape index (κ2) is 13.0. The zero-order valence-electron chi connectivity index (χ0n) is 16.6. The van der Waals surface area contributed by atoms with Crippen LogP contribution in [0.25, 0.3) is 0 Å². The van der Waals surface area contributed by atoms with Gasteiger partial charge in [0.2, 0.25) is 0 Å². The number of rotatable bonds is 8. The molecule has 7 nitrogen and oxygen atoms in total. The van der Waals surface area contributed by atoms with E-state index in [0.29, 0.717) is 24.8 Å². The summed E-state index contributed by atoms with van der Waals surface area (Å²) in [5.74, 6) is 1.84. The molecule has 1 N–H and O–H groups in total. The second-order valence-corrected chi connectivity index (χ2v) is 6.81. The van der Waals surface area contributed by atoms with Crippen LogP contribution in [-0.4, -0.2) is 74.1 Å².